The Bertz CT molecular complexity index is 673. The topological polar surface area (TPSA) is 76.5 Å². The van der Waals surface area contributed by atoms with Crippen LogP contribution < -0.4 is 5.32 Å². The Labute approximate surface area is 166 Å². The van der Waals surface area contributed by atoms with Crippen molar-refractivity contribution in [3.63, 3.8) is 0 Å². The number of nitrogens with one attached hydrogen (secondary N) is 1. The number of hydrogen-bond donors (Lipinski definition) is 1. The second-order valence-electron chi connectivity index (χ2n) is 8.73. The van der Waals surface area contributed by atoms with E-state index in [4.69, 9.17) is 4.74 Å². The lowest BCUT2D eigenvalue weighted by atomic mass is 9.77. The van der Waals surface area contributed by atoms with E-state index in [1.54, 1.807) is 17.1 Å². The van der Waals surface area contributed by atoms with Gasteiger partial charge in [0.1, 0.15) is 6.54 Å². The van der Waals surface area contributed by atoms with Crippen LogP contribution in [0.1, 0.15) is 45.4 Å². The average molecular weight is 389 g/mol. The van der Waals surface area contributed by atoms with Gasteiger partial charge in [-0.25, -0.2) is 0 Å². The Morgan fingerprint density at radius 1 is 1.21 bits per heavy atom. The molecule has 1 saturated heterocycles. The van der Waals surface area contributed by atoms with Crippen LogP contribution in [-0.4, -0.2) is 58.3 Å². The fourth-order valence-corrected chi connectivity index (χ4v) is 4.66. The van der Waals surface area contributed by atoms with Crippen LogP contribution >= 0.6 is 0 Å². The number of hydrogen-bond acceptors (Lipinski definition) is 4. The summed E-state index contributed by atoms with van der Waals surface area (Å²) in [6.07, 6.45) is 9.38. The molecule has 7 nitrogen and oxygen atoms in total. The van der Waals surface area contributed by atoms with Crippen LogP contribution in [0.3, 0.4) is 0 Å². The van der Waals surface area contributed by atoms with Crippen LogP contribution in [0.4, 0.5) is 0 Å². The van der Waals surface area contributed by atoms with Gasteiger partial charge in [-0.15, -0.1) is 0 Å². The third-order valence-corrected chi connectivity index (χ3v) is 6.39. The van der Waals surface area contributed by atoms with Crippen LogP contribution in [0.5, 0.6) is 0 Å². The summed E-state index contributed by atoms with van der Waals surface area (Å²) in [6.45, 7) is 4.75. The van der Waals surface area contributed by atoms with E-state index in [1.165, 1.54) is 12.8 Å². The van der Waals surface area contributed by atoms with Crippen LogP contribution in [0.25, 0.3) is 0 Å². The zero-order chi connectivity index (χ0) is 19.5. The van der Waals surface area contributed by atoms with Gasteiger partial charge in [0, 0.05) is 38.5 Å². The summed E-state index contributed by atoms with van der Waals surface area (Å²) in [5, 5.41) is 7.32. The van der Waals surface area contributed by atoms with E-state index in [0.717, 1.165) is 39.0 Å². The highest BCUT2D eigenvalue weighted by atomic mass is 16.5. The SMILES string of the molecule is CCCC(=O)N1C[C@H]2C[C@H](OCC3CC3)[C@@H](NC(=O)Cn3cccn3)C[C@H]2C1. The Balaban J connectivity index is 1.38. The monoisotopic (exact) mass is 388 g/mol. The Morgan fingerprint density at radius 2 is 2.00 bits per heavy atom. The summed E-state index contributed by atoms with van der Waals surface area (Å²) in [4.78, 5) is 26.9. The lowest BCUT2D eigenvalue weighted by molar-refractivity contribution is -0.130. The van der Waals surface area contributed by atoms with Crippen LogP contribution in [0.15, 0.2) is 18.5 Å². The standard InChI is InChI=1S/C21H32N4O3/c1-2-4-21(27)24-11-16-9-18(23-20(26)13-25-8-3-7-22-25)19(10-17(16)12-24)28-14-15-5-6-15/h3,7-8,15-19H,2,4-6,9-14H2,1H3,(H,23,26)/t16-,17+,18-,19-/m0/s1. The van der Waals surface area contributed by atoms with Gasteiger partial charge >= 0.3 is 0 Å². The maximum atomic E-state index is 12.5. The minimum atomic E-state index is -0.0240. The highest BCUT2D eigenvalue weighted by Gasteiger charge is 2.44. The molecule has 1 N–H and O–H groups in total. The molecule has 0 aromatic carbocycles. The zero-order valence-electron chi connectivity index (χ0n) is 16.8. The third kappa shape index (κ3) is 4.74. The summed E-state index contributed by atoms with van der Waals surface area (Å²) in [5.41, 5.74) is 0. The third-order valence-electron chi connectivity index (χ3n) is 6.39. The first-order valence-electron chi connectivity index (χ1n) is 10.8. The second-order valence-corrected chi connectivity index (χ2v) is 8.73. The number of ether oxygens (including phenoxy) is 1. The molecule has 1 aromatic heterocycles. The maximum Gasteiger partial charge on any atom is 0.242 e. The van der Waals surface area contributed by atoms with Crippen LogP contribution in [0, 0.1) is 17.8 Å². The molecule has 3 fully saturated rings. The van der Waals surface area contributed by atoms with Crippen molar-refractivity contribution in [3.8, 4) is 0 Å². The van der Waals surface area contributed by atoms with Gasteiger partial charge in [0.2, 0.25) is 11.8 Å². The van der Waals surface area contributed by atoms with Gasteiger partial charge in [0.15, 0.2) is 0 Å². The van der Waals surface area contributed by atoms with E-state index in [0.29, 0.717) is 24.2 Å². The number of nitrogens with zero attached hydrogens (tertiary/aromatic N) is 3. The average Bonchev–Trinajstić information content (AvgIpc) is 3.18. The van der Waals surface area contributed by atoms with E-state index in [2.05, 4.69) is 10.4 Å². The summed E-state index contributed by atoms with van der Waals surface area (Å²) >= 11 is 0. The fourth-order valence-electron chi connectivity index (χ4n) is 4.66. The molecule has 1 aromatic rings. The van der Waals surface area contributed by atoms with Crippen molar-refractivity contribution in [2.45, 2.75) is 64.1 Å². The summed E-state index contributed by atoms with van der Waals surface area (Å²) in [6, 6.07) is 1.84. The second kappa shape index (κ2) is 8.64. The molecular weight excluding hydrogens is 356 g/mol. The van der Waals surface area contributed by atoms with Crippen molar-refractivity contribution in [1.82, 2.24) is 20.0 Å². The molecule has 2 aliphatic carbocycles. The summed E-state index contributed by atoms with van der Waals surface area (Å²) in [5.74, 6) is 1.89. The number of carbonyl (C=O) groups excluding carboxylic acids is 2. The van der Waals surface area contributed by atoms with Crippen molar-refractivity contribution >= 4 is 11.8 Å². The summed E-state index contributed by atoms with van der Waals surface area (Å²) in [7, 11) is 0. The quantitative estimate of drug-likeness (QED) is 0.737. The number of carbonyl (C=O) groups is 2. The largest absolute Gasteiger partial charge is 0.376 e. The number of amides is 2. The van der Waals surface area contributed by atoms with Gasteiger partial charge in [0.05, 0.1) is 12.1 Å². The van der Waals surface area contributed by atoms with Gasteiger partial charge < -0.3 is 15.0 Å². The number of aromatic nitrogens is 2. The molecule has 2 saturated carbocycles. The molecule has 4 atom stereocenters. The van der Waals surface area contributed by atoms with Crippen molar-refractivity contribution < 1.29 is 14.3 Å². The Hall–Kier alpha value is -1.89. The molecule has 0 radical (unpaired) electrons. The highest BCUT2D eigenvalue weighted by Crippen LogP contribution is 2.39. The van der Waals surface area contributed by atoms with Crippen molar-refractivity contribution in [3.05, 3.63) is 18.5 Å². The molecular formula is C21H32N4O3. The van der Waals surface area contributed by atoms with Crippen LogP contribution in [-0.2, 0) is 20.9 Å². The molecule has 7 heteroatoms. The molecule has 0 spiro atoms. The molecule has 0 unspecified atom stereocenters. The molecule has 2 amide bonds. The minimum Gasteiger partial charge on any atom is -0.376 e. The Morgan fingerprint density at radius 3 is 2.68 bits per heavy atom. The highest BCUT2D eigenvalue weighted by molar-refractivity contribution is 5.77. The predicted octanol–water partition coefficient (Wildman–Crippen LogP) is 1.83. The molecule has 2 heterocycles. The van der Waals surface area contributed by atoms with Crippen molar-refractivity contribution in [2.24, 2.45) is 17.8 Å². The number of rotatable bonds is 8. The van der Waals surface area contributed by atoms with Gasteiger partial charge in [-0.3, -0.25) is 14.3 Å². The van der Waals surface area contributed by atoms with E-state index >= 15 is 0 Å². The molecule has 28 heavy (non-hydrogen) atoms. The van der Waals surface area contributed by atoms with Crippen molar-refractivity contribution in [1.29, 1.82) is 0 Å². The first-order chi connectivity index (χ1) is 13.6. The molecule has 1 aliphatic heterocycles. The fraction of sp³-hybridized carbons (Fsp3) is 0.762. The van der Waals surface area contributed by atoms with Crippen LogP contribution in [0.2, 0.25) is 0 Å². The maximum absolute atomic E-state index is 12.5. The smallest absolute Gasteiger partial charge is 0.242 e. The van der Waals surface area contributed by atoms with Gasteiger partial charge in [-0.1, -0.05) is 6.92 Å². The molecule has 3 aliphatic rings. The zero-order valence-corrected chi connectivity index (χ0v) is 16.8. The first-order valence-corrected chi connectivity index (χ1v) is 10.8. The van der Waals surface area contributed by atoms with Crippen molar-refractivity contribution in [2.75, 3.05) is 19.7 Å². The van der Waals surface area contributed by atoms with Gasteiger partial charge in [-0.2, -0.15) is 5.10 Å². The van der Waals surface area contributed by atoms with Gasteiger partial charge in [0.25, 0.3) is 0 Å². The summed E-state index contributed by atoms with van der Waals surface area (Å²) < 4.78 is 7.91. The Kier molecular flexibility index (Phi) is 5.99. The van der Waals surface area contributed by atoms with E-state index in [1.807, 2.05) is 17.9 Å². The number of likely N-dealkylation sites (tertiary alicyclic amines) is 1. The predicted molar refractivity (Wildman–Crippen MR) is 104 cm³/mol. The van der Waals surface area contributed by atoms with Gasteiger partial charge in [-0.05, 0) is 55.9 Å². The molecule has 154 valence electrons. The number of fused-ring (bicyclic) bond motifs is 1. The lowest BCUT2D eigenvalue weighted by Gasteiger charge is -2.38. The first kappa shape index (κ1) is 19.4. The molecule has 0 bridgehead atoms. The van der Waals surface area contributed by atoms with E-state index < -0.39 is 0 Å². The lowest BCUT2D eigenvalue weighted by Crippen LogP contribution is -2.51. The molecule has 4 rings (SSSR count). The van der Waals surface area contributed by atoms with E-state index in [-0.39, 0.29) is 30.5 Å². The minimum absolute atomic E-state index is 0.0179. The van der Waals surface area contributed by atoms with E-state index in [9.17, 15) is 9.59 Å². The normalized spacial score (nSPS) is 29.5.